The second-order valence-electron chi connectivity index (χ2n) is 5.76. The Bertz CT molecular complexity index is 462. The Balaban J connectivity index is 2.13. The van der Waals surface area contributed by atoms with E-state index in [2.05, 4.69) is 37.8 Å². The summed E-state index contributed by atoms with van der Waals surface area (Å²) in [7, 11) is 0. The minimum atomic E-state index is 0.525. The smallest absolute Gasteiger partial charge is 0.0991 e. The molecule has 0 saturated carbocycles. The standard InChI is InChI=1S/C16H22N2/c1-4-16(3)7-9-18(10-8-16)15-6-5-14(12-17)11-13(15)2/h5-6,11H,4,7-10H2,1-3H3. The molecule has 2 rings (SSSR count). The lowest BCUT2D eigenvalue weighted by Gasteiger charge is -2.40. The highest BCUT2D eigenvalue weighted by Crippen LogP contribution is 2.36. The van der Waals surface area contributed by atoms with E-state index >= 15 is 0 Å². The number of piperidine rings is 1. The van der Waals surface area contributed by atoms with Gasteiger partial charge in [-0.25, -0.2) is 0 Å². The summed E-state index contributed by atoms with van der Waals surface area (Å²) in [5.74, 6) is 0. The van der Waals surface area contributed by atoms with Crippen molar-refractivity contribution in [3.8, 4) is 6.07 Å². The zero-order valence-corrected chi connectivity index (χ0v) is 11.7. The van der Waals surface area contributed by atoms with Crippen LogP contribution in [0.2, 0.25) is 0 Å². The quantitative estimate of drug-likeness (QED) is 0.787. The van der Waals surface area contributed by atoms with Crippen molar-refractivity contribution in [1.29, 1.82) is 5.26 Å². The normalized spacial score (nSPS) is 18.4. The zero-order chi connectivity index (χ0) is 13.2. The van der Waals surface area contributed by atoms with Gasteiger partial charge in [0.1, 0.15) is 0 Å². The van der Waals surface area contributed by atoms with Crippen molar-refractivity contribution < 1.29 is 0 Å². The Morgan fingerprint density at radius 2 is 2.00 bits per heavy atom. The minimum Gasteiger partial charge on any atom is -0.371 e. The first kappa shape index (κ1) is 13.0. The first-order valence-corrected chi connectivity index (χ1v) is 6.84. The molecular formula is C16H22N2. The molecule has 1 aliphatic heterocycles. The number of nitriles is 1. The largest absolute Gasteiger partial charge is 0.371 e. The number of hydrogen-bond acceptors (Lipinski definition) is 2. The molecule has 0 aromatic heterocycles. The van der Waals surface area contributed by atoms with E-state index in [-0.39, 0.29) is 0 Å². The number of anilines is 1. The molecular weight excluding hydrogens is 220 g/mol. The first-order chi connectivity index (χ1) is 8.58. The number of nitrogens with zero attached hydrogens (tertiary/aromatic N) is 2. The maximum Gasteiger partial charge on any atom is 0.0991 e. The third kappa shape index (κ3) is 2.51. The van der Waals surface area contributed by atoms with Crippen molar-refractivity contribution in [2.75, 3.05) is 18.0 Å². The van der Waals surface area contributed by atoms with Gasteiger partial charge in [0.05, 0.1) is 11.6 Å². The van der Waals surface area contributed by atoms with Gasteiger partial charge < -0.3 is 4.90 Å². The summed E-state index contributed by atoms with van der Waals surface area (Å²) in [5.41, 5.74) is 3.80. The molecule has 1 aliphatic rings. The van der Waals surface area contributed by atoms with Crippen molar-refractivity contribution >= 4 is 5.69 Å². The number of hydrogen-bond donors (Lipinski definition) is 0. The Labute approximate surface area is 110 Å². The SMILES string of the molecule is CCC1(C)CCN(c2ccc(C#N)cc2C)CC1. The number of aryl methyl sites for hydroxylation is 1. The topological polar surface area (TPSA) is 27.0 Å². The maximum atomic E-state index is 8.90. The molecule has 0 spiro atoms. The fourth-order valence-corrected chi connectivity index (χ4v) is 2.72. The first-order valence-electron chi connectivity index (χ1n) is 6.84. The van der Waals surface area contributed by atoms with Crippen LogP contribution in [0, 0.1) is 23.7 Å². The van der Waals surface area contributed by atoms with Gasteiger partial charge in [0, 0.05) is 18.8 Å². The molecule has 0 aliphatic carbocycles. The van der Waals surface area contributed by atoms with Gasteiger partial charge in [-0.3, -0.25) is 0 Å². The van der Waals surface area contributed by atoms with Gasteiger partial charge >= 0.3 is 0 Å². The van der Waals surface area contributed by atoms with Crippen molar-refractivity contribution in [2.24, 2.45) is 5.41 Å². The summed E-state index contributed by atoms with van der Waals surface area (Å²) < 4.78 is 0. The van der Waals surface area contributed by atoms with Crippen molar-refractivity contribution in [2.45, 2.75) is 40.0 Å². The average Bonchev–Trinajstić information content (AvgIpc) is 2.40. The van der Waals surface area contributed by atoms with Gasteiger partial charge in [-0.2, -0.15) is 5.26 Å². The average molecular weight is 242 g/mol. The van der Waals surface area contributed by atoms with Crippen LogP contribution in [0.5, 0.6) is 0 Å². The molecule has 1 fully saturated rings. The lowest BCUT2D eigenvalue weighted by molar-refractivity contribution is 0.238. The predicted octanol–water partition coefficient (Wildman–Crippen LogP) is 3.88. The van der Waals surface area contributed by atoms with Crippen LogP contribution in [0.1, 0.15) is 44.2 Å². The third-order valence-corrected chi connectivity index (χ3v) is 4.49. The van der Waals surface area contributed by atoms with E-state index in [0.717, 1.165) is 18.7 Å². The van der Waals surface area contributed by atoms with E-state index in [9.17, 15) is 0 Å². The van der Waals surface area contributed by atoms with E-state index in [4.69, 9.17) is 5.26 Å². The molecule has 0 N–H and O–H groups in total. The van der Waals surface area contributed by atoms with Crippen LogP contribution in [0.15, 0.2) is 18.2 Å². The van der Waals surface area contributed by atoms with Crippen LogP contribution in [-0.4, -0.2) is 13.1 Å². The summed E-state index contributed by atoms with van der Waals surface area (Å²) in [5, 5.41) is 8.90. The molecule has 1 saturated heterocycles. The Kier molecular flexibility index (Phi) is 3.61. The summed E-state index contributed by atoms with van der Waals surface area (Å²) in [6.45, 7) is 9.07. The van der Waals surface area contributed by atoms with Crippen LogP contribution in [0.25, 0.3) is 0 Å². The molecule has 0 amide bonds. The molecule has 1 aromatic rings. The molecule has 2 nitrogen and oxygen atoms in total. The molecule has 0 radical (unpaired) electrons. The molecule has 96 valence electrons. The van der Waals surface area contributed by atoms with Crippen LogP contribution < -0.4 is 4.90 Å². The van der Waals surface area contributed by atoms with Crippen LogP contribution >= 0.6 is 0 Å². The van der Waals surface area contributed by atoms with E-state index in [1.165, 1.54) is 30.5 Å². The molecule has 2 heteroatoms. The van der Waals surface area contributed by atoms with Crippen LogP contribution in [0.4, 0.5) is 5.69 Å². The summed E-state index contributed by atoms with van der Waals surface area (Å²) in [4.78, 5) is 2.47. The minimum absolute atomic E-state index is 0.525. The molecule has 0 bridgehead atoms. The number of rotatable bonds is 2. The second kappa shape index (κ2) is 5.02. The van der Waals surface area contributed by atoms with Gasteiger partial charge in [-0.15, -0.1) is 0 Å². The zero-order valence-electron chi connectivity index (χ0n) is 11.7. The monoisotopic (exact) mass is 242 g/mol. The van der Waals surface area contributed by atoms with Crippen molar-refractivity contribution in [3.63, 3.8) is 0 Å². The van der Waals surface area contributed by atoms with E-state index in [0.29, 0.717) is 5.41 Å². The van der Waals surface area contributed by atoms with Crippen LogP contribution in [0.3, 0.4) is 0 Å². The Morgan fingerprint density at radius 3 is 2.50 bits per heavy atom. The van der Waals surface area contributed by atoms with Gasteiger partial charge in [-0.05, 0) is 48.9 Å². The summed E-state index contributed by atoms with van der Waals surface area (Å²) >= 11 is 0. The summed E-state index contributed by atoms with van der Waals surface area (Å²) in [6.07, 6.45) is 3.80. The summed E-state index contributed by atoms with van der Waals surface area (Å²) in [6, 6.07) is 8.22. The van der Waals surface area contributed by atoms with Gasteiger partial charge in [0.15, 0.2) is 0 Å². The Hall–Kier alpha value is -1.49. The lowest BCUT2D eigenvalue weighted by Crippen LogP contribution is -2.38. The molecule has 18 heavy (non-hydrogen) atoms. The number of benzene rings is 1. The highest BCUT2D eigenvalue weighted by molar-refractivity contribution is 5.56. The van der Waals surface area contributed by atoms with Crippen molar-refractivity contribution in [1.82, 2.24) is 0 Å². The highest BCUT2D eigenvalue weighted by Gasteiger charge is 2.28. The molecule has 0 atom stereocenters. The van der Waals surface area contributed by atoms with Gasteiger partial charge in [0.25, 0.3) is 0 Å². The molecule has 1 heterocycles. The van der Waals surface area contributed by atoms with E-state index < -0.39 is 0 Å². The van der Waals surface area contributed by atoms with Gasteiger partial charge in [-0.1, -0.05) is 20.3 Å². The molecule has 0 unspecified atom stereocenters. The van der Waals surface area contributed by atoms with E-state index in [1.807, 2.05) is 12.1 Å². The fraction of sp³-hybridized carbons (Fsp3) is 0.562. The van der Waals surface area contributed by atoms with Crippen LogP contribution in [-0.2, 0) is 0 Å². The maximum absolute atomic E-state index is 8.90. The van der Waals surface area contributed by atoms with E-state index in [1.54, 1.807) is 0 Å². The third-order valence-electron chi connectivity index (χ3n) is 4.49. The van der Waals surface area contributed by atoms with Crippen molar-refractivity contribution in [3.05, 3.63) is 29.3 Å². The fourth-order valence-electron chi connectivity index (χ4n) is 2.72. The van der Waals surface area contributed by atoms with Gasteiger partial charge in [0.2, 0.25) is 0 Å². The predicted molar refractivity (Wildman–Crippen MR) is 75.7 cm³/mol. The molecule has 1 aromatic carbocycles. The highest BCUT2D eigenvalue weighted by atomic mass is 15.1. The second-order valence-corrected chi connectivity index (χ2v) is 5.76. The lowest BCUT2D eigenvalue weighted by atomic mass is 9.78. The Morgan fingerprint density at radius 1 is 1.33 bits per heavy atom.